The number of anilines is 2. The second kappa shape index (κ2) is 9.62. The molecule has 0 bridgehead atoms. The van der Waals surface area contributed by atoms with Crippen LogP contribution in [0.2, 0.25) is 5.02 Å². The number of benzene rings is 2. The zero-order chi connectivity index (χ0) is 21.6. The van der Waals surface area contributed by atoms with E-state index in [4.69, 9.17) is 21.1 Å². The molecule has 2 aromatic rings. The van der Waals surface area contributed by atoms with E-state index in [1.807, 2.05) is 19.1 Å². The minimum Gasteiger partial charge on any atom is -0.494 e. The molecule has 0 atom stereocenters. The molecule has 156 valence electrons. The Morgan fingerprint density at radius 3 is 1.86 bits per heavy atom. The minimum absolute atomic E-state index is 0.0795. The summed E-state index contributed by atoms with van der Waals surface area (Å²) < 4.78 is 10.7. The van der Waals surface area contributed by atoms with E-state index in [2.05, 4.69) is 10.6 Å². The molecule has 0 aromatic heterocycles. The van der Waals surface area contributed by atoms with Crippen molar-refractivity contribution >= 4 is 34.8 Å². The molecule has 0 aliphatic heterocycles. The van der Waals surface area contributed by atoms with Gasteiger partial charge in [0, 0.05) is 0 Å². The van der Waals surface area contributed by atoms with Gasteiger partial charge in [0.05, 0.1) is 39.0 Å². The van der Waals surface area contributed by atoms with Crippen molar-refractivity contribution < 1.29 is 23.5 Å². The maximum absolute atomic E-state index is 12.6. The van der Waals surface area contributed by atoms with Gasteiger partial charge < -0.3 is 24.6 Å². The maximum Gasteiger partial charge on any atom is 0.279 e. The molecular weight excluding hydrogens is 394 g/mol. The first-order valence-corrected chi connectivity index (χ1v) is 9.42. The molecule has 0 unspecified atom stereocenters. The molecule has 2 rings (SSSR count). The number of likely N-dealkylation sites (N-methyl/N-ethyl adjacent to an activating group) is 1. The summed E-state index contributed by atoms with van der Waals surface area (Å²) in [5, 5.41) is 6.13. The molecule has 2 aromatic carbocycles. The lowest BCUT2D eigenvalue weighted by Crippen LogP contribution is -2.50. The number of nitrogens with one attached hydrogen (secondary N) is 2. The molecule has 7 nitrogen and oxygen atoms in total. The van der Waals surface area contributed by atoms with Crippen molar-refractivity contribution in [2.75, 3.05) is 52.0 Å². The van der Waals surface area contributed by atoms with Gasteiger partial charge in [0.1, 0.15) is 17.2 Å². The minimum atomic E-state index is -0.264. The normalized spacial score (nSPS) is 11.0. The number of hydrogen-bond acceptors (Lipinski definition) is 4. The Labute approximate surface area is 176 Å². The topological polar surface area (TPSA) is 76.7 Å². The van der Waals surface area contributed by atoms with Gasteiger partial charge in [-0.1, -0.05) is 29.8 Å². The molecule has 0 spiro atoms. The Hall–Kier alpha value is -2.77. The average Bonchev–Trinajstić information content (AvgIpc) is 2.64. The lowest BCUT2D eigenvalue weighted by molar-refractivity contribution is -0.874. The summed E-state index contributed by atoms with van der Waals surface area (Å²) in [6.45, 7) is 2.05. The number of hydrogen-bond donors (Lipinski definition) is 2. The van der Waals surface area contributed by atoms with Gasteiger partial charge in [-0.05, 0) is 30.7 Å². The van der Waals surface area contributed by atoms with Gasteiger partial charge in [0.2, 0.25) is 0 Å². The standard InChI is InChI=1S/C21H26ClN3O4/c1-14-8-6-9-15(22)20(14)23-18(26)12-25(2,3)13-19(27)24-21-16(28-4)10-7-11-17(21)29-5/h6-11H,12-13H2,1-5H3,(H-,23,24,26,27)/p+1. The highest BCUT2D eigenvalue weighted by Crippen LogP contribution is 2.34. The van der Waals surface area contributed by atoms with Gasteiger partial charge in [-0.15, -0.1) is 0 Å². The first-order valence-electron chi connectivity index (χ1n) is 9.04. The largest absolute Gasteiger partial charge is 0.494 e. The number of para-hydroxylation sites is 2. The van der Waals surface area contributed by atoms with Crippen LogP contribution < -0.4 is 20.1 Å². The Balaban J connectivity index is 2.04. The summed E-state index contributed by atoms with van der Waals surface area (Å²) in [4.78, 5) is 25.1. The predicted octanol–water partition coefficient (Wildman–Crippen LogP) is 3.32. The predicted molar refractivity (Wildman–Crippen MR) is 115 cm³/mol. The maximum atomic E-state index is 12.6. The highest BCUT2D eigenvalue weighted by atomic mass is 35.5. The van der Waals surface area contributed by atoms with Crippen LogP contribution >= 0.6 is 11.6 Å². The van der Waals surface area contributed by atoms with Crippen LogP contribution in [-0.4, -0.2) is 57.7 Å². The lowest BCUT2D eigenvalue weighted by atomic mass is 10.2. The summed E-state index contributed by atoms with van der Waals surface area (Å²) in [6, 6.07) is 10.7. The second-order valence-electron chi connectivity index (χ2n) is 7.32. The Kier molecular flexibility index (Phi) is 7.47. The Bertz CT molecular complexity index is 857. The van der Waals surface area contributed by atoms with E-state index in [-0.39, 0.29) is 29.4 Å². The quantitative estimate of drug-likeness (QED) is 0.642. The number of methoxy groups -OCH3 is 2. The molecule has 2 N–H and O–H groups in total. The van der Waals surface area contributed by atoms with Gasteiger partial charge in [0.15, 0.2) is 13.1 Å². The smallest absolute Gasteiger partial charge is 0.279 e. The number of quaternary nitrogens is 1. The molecule has 0 aliphatic rings. The van der Waals surface area contributed by atoms with Gasteiger partial charge in [0.25, 0.3) is 11.8 Å². The lowest BCUT2D eigenvalue weighted by Gasteiger charge is -2.28. The molecule has 0 heterocycles. The molecule has 0 saturated heterocycles. The number of rotatable bonds is 8. The summed E-state index contributed by atoms with van der Waals surface area (Å²) in [5.74, 6) is 0.498. The monoisotopic (exact) mass is 420 g/mol. The zero-order valence-electron chi connectivity index (χ0n) is 17.3. The van der Waals surface area contributed by atoms with E-state index in [1.165, 1.54) is 14.2 Å². The molecular formula is C21H27ClN3O4+. The fraction of sp³-hybridized carbons (Fsp3) is 0.333. The number of carbonyl (C=O) groups is 2. The third-order valence-electron chi connectivity index (χ3n) is 4.32. The third kappa shape index (κ3) is 6.10. The first-order chi connectivity index (χ1) is 13.7. The van der Waals surface area contributed by atoms with Gasteiger partial charge in [-0.2, -0.15) is 0 Å². The number of aryl methyl sites for hydroxylation is 1. The fourth-order valence-electron chi connectivity index (χ4n) is 2.96. The van der Waals surface area contributed by atoms with Crippen molar-refractivity contribution in [3.05, 3.63) is 47.0 Å². The zero-order valence-corrected chi connectivity index (χ0v) is 18.1. The van der Waals surface area contributed by atoms with Crippen LogP contribution in [0.25, 0.3) is 0 Å². The number of ether oxygens (including phenoxy) is 2. The van der Waals surface area contributed by atoms with Crippen molar-refractivity contribution in [3.63, 3.8) is 0 Å². The van der Waals surface area contributed by atoms with E-state index < -0.39 is 0 Å². The highest BCUT2D eigenvalue weighted by molar-refractivity contribution is 6.33. The van der Waals surface area contributed by atoms with E-state index in [0.717, 1.165) is 5.56 Å². The van der Waals surface area contributed by atoms with Crippen molar-refractivity contribution in [3.8, 4) is 11.5 Å². The van der Waals surface area contributed by atoms with Crippen LogP contribution in [-0.2, 0) is 9.59 Å². The summed E-state index contributed by atoms with van der Waals surface area (Å²) >= 11 is 6.17. The van der Waals surface area contributed by atoms with Crippen LogP contribution in [0.3, 0.4) is 0 Å². The number of nitrogens with zero attached hydrogens (tertiary/aromatic N) is 1. The van der Waals surface area contributed by atoms with E-state index in [0.29, 0.717) is 27.9 Å². The van der Waals surface area contributed by atoms with Crippen LogP contribution in [0, 0.1) is 6.92 Å². The van der Waals surface area contributed by atoms with Crippen molar-refractivity contribution in [2.24, 2.45) is 0 Å². The second-order valence-corrected chi connectivity index (χ2v) is 7.72. The SMILES string of the molecule is COc1cccc(OC)c1NC(=O)C[N+](C)(C)CC(=O)Nc1c(C)cccc1Cl. The fourth-order valence-corrected chi connectivity index (χ4v) is 3.22. The molecule has 0 saturated carbocycles. The molecule has 0 radical (unpaired) electrons. The van der Waals surface area contributed by atoms with Crippen molar-refractivity contribution in [2.45, 2.75) is 6.92 Å². The van der Waals surface area contributed by atoms with Crippen molar-refractivity contribution in [1.29, 1.82) is 0 Å². The first kappa shape index (κ1) is 22.5. The Morgan fingerprint density at radius 2 is 1.38 bits per heavy atom. The average molecular weight is 421 g/mol. The van der Waals surface area contributed by atoms with Gasteiger partial charge in [-0.3, -0.25) is 9.59 Å². The van der Waals surface area contributed by atoms with Crippen molar-refractivity contribution in [1.82, 2.24) is 0 Å². The third-order valence-corrected chi connectivity index (χ3v) is 4.64. The van der Waals surface area contributed by atoms with E-state index >= 15 is 0 Å². The molecule has 2 amide bonds. The highest BCUT2D eigenvalue weighted by Gasteiger charge is 2.26. The van der Waals surface area contributed by atoms with Crippen LogP contribution in [0.15, 0.2) is 36.4 Å². The number of amides is 2. The molecule has 0 fully saturated rings. The van der Waals surface area contributed by atoms with Crippen LogP contribution in [0.4, 0.5) is 11.4 Å². The summed E-state index contributed by atoms with van der Waals surface area (Å²) in [5.41, 5.74) is 1.91. The van der Waals surface area contributed by atoms with Crippen LogP contribution in [0.1, 0.15) is 5.56 Å². The summed E-state index contributed by atoms with van der Waals surface area (Å²) in [6.07, 6.45) is 0. The Morgan fingerprint density at radius 1 is 0.897 bits per heavy atom. The molecule has 29 heavy (non-hydrogen) atoms. The molecule has 8 heteroatoms. The number of halogens is 1. The van der Waals surface area contributed by atoms with E-state index in [1.54, 1.807) is 38.4 Å². The van der Waals surface area contributed by atoms with Gasteiger partial charge in [-0.25, -0.2) is 0 Å². The summed E-state index contributed by atoms with van der Waals surface area (Å²) in [7, 11) is 6.65. The van der Waals surface area contributed by atoms with Crippen LogP contribution in [0.5, 0.6) is 11.5 Å². The van der Waals surface area contributed by atoms with E-state index in [9.17, 15) is 9.59 Å². The van der Waals surface area contributed by atoms with Gasteiger partial charge >= 0.3 is 0 Å². The number of carbonyl (C=O) groups excluding carboxylic acids is 2. The molecule has 0 aliphatic carbocycles.